The predicted molar refractivity (Wildman–Crippen MR) is 70.9 cm³/mol. The third-order valence-corrected chi connectivity index (χ3v) is 4.77. The quantitative estimate of drug-likeness (QED) is 0.824. The molecule has 0 atom stereocenters. The molecule has 3 nitrogen and oxygen atoms in total. The van der Waals surface area contributed by atoms with Crippen molar-refractivity contribution in [3.63, 3.8) is 0 Å². The third kappa shape index (κ3) is 2.87. The fourth-order valence-electron chi connectivity index (χ4n) is 2.07. The molecule has 0 radical (unpaired) electrons. The van der Waals surface area contributed by atoms with Crippen molar-refractivity contribution >= 4 is 35.0 Å². The molecule has 17 heavy (non-hydrogen) atoms. The van der Waals surface area contributed by atoms with E-state index in [-0.39, 0.29) is 5.56 Å². The summed E-state index contributed by atoms with van der Waals surface area (Å²) in [6.07, 6.45) is 4.69. The average Bonchev–Trinajstić information content (AvgIpc) is 2.74. The molecule has 0 heterocycles. The molecule has 0 unspecified atom stereocenters. The lowest BCUT2D eigenvalue weighted by molar-refractivity contribution is 0.0693. The van der Waals surface area contributed by atoms with Crippen LogP contribution in [-0.4, -0.2) is 16.3 Å². The Morgan fingerprint density at radius 3 is 2.65 bits per heavy atom. The van der Waals surface area contributed by atoms with Crippen molar-refractivity contribution in [1.29, 1.82) is 0 Å². The van der Waals surface area contributed by atoms with Gasteiger partial charge >= 0.3 is 5.97 Å². The first-order valence-electron chi connectivity index (χ1n) is 5.57. The lowest BCUT2D eigenvalue weighted by Crippen LogP contribution is -2.04. The summed E-state index contributed by atoms with van der Waals surface area (Å²) in [6, 6.07) is 3.09. The topological polar surface area (TPSA) is 63.3 Å². The zero-order valence-corrected chi connectivity index (χ0v) is 10.9. The first-order chi connectivity index (χ1) is 8.08. The van der Waals surface area contributed by atoms with Gasteiger partial charge in [-0.25, -0.2) is 4.79 Å². The van der Waals surface area contributed by atoms with Gasteiger partial charge in [0.25, 0.3) is 0 Å². The number of nitrogens with two attached hydrogens (primary N) is 1. The normalized spacial score (nSPS) is 16.3. The van der Waals surface area contributed by atoms with Gasteiger partial charge in [0, 0.05) is 15.8 Å². The van der Waals surface area contributed by atoms with E-state index in [4.69, 9.17) is 22.4 Å². The Kier molecular flexibility index (Phi) is 3.84. The second kappa shape index (κ2) is 5.19. The molecule has 92 valence electrons. The number of rotatable bonds is 3. The minimum absolute atomic E-state index is 0.215. The molecule has 3 N–H and O–H groups in total. The van der Waals surface area contributed by atoms with E-state index < -0.39 is 5.97 Å². The van der Waals surface area contributed by atoms with E-state index in [1.165, 1.54) is 18.9 Å². The van der Waals surface area contributed by atoms with Crippen molar-refractivity contribution in [1.82, 2.24) is 0 Å². The zero-order chi connectivity index (χ0) is 12.4. The molecular formula is C12H14ClNO2S. The summed E-state index contributed by atoms with van der Waals surface area (Å²) in [4.78, 5) is 11.8. The molecular weight excluding hydrogens is 258 g/mol. The Morgan fingerprint density at radius 1 is 1.41 bits per heavy atom. The summed E-state index contributed by atoms with van der Waals surface area (Å²) < 4.78 is 0. The van der Waals surface area contributed by atoms with E-state index >= 15 is 0 Å². The van der Waals surface area contributed by atoms with Gasteiger partial charge in [0.15, 0.2) is 0 Å². The van der Waals surface area contributed by atoms with Crippen molar-refractivity contribution < 1.29 is 9.90 Å². The number of carbonyl (C=O) groups is 1. The summed E-state index contributed by atoms with van der Waals surface area (Å²) in [5, 5.41) is 10.1. The van der Waals surface area contributed by atoms with E-state index in [1.54, 1.807) is 17.8 Å². The number of nitrogen functional groups attached to an aromatic ring is 1. The maximum absolute atomic E-state index is 11.2. The fourth-order valence-corrected chi connectivity index (χ4v) is 3.77. The molecule has 1 aromatic carbocycles. The Morgan fingerprint density at radius 2 is 2.06 bits per heavy atom. The second-order valence-electron chi connectivity index (χ2n) is 4.21. The largest absolute Gasteiger partial charge is 0.478 e. The van der Waals surface area contributed by atoms with Gasteiger partial charge in [-0.3, -0.25) is 0 Å². The molecule has 1 aromatic rings. The van der Waals surface area contributed by atoms with Gasteiger partial charge in [-0.2, -0.15) is 0 Å². The molecule has 1 fully saturated rings. The van der Waals surface area contributed by atoms with Crippen LogP contribution in [0.4, 0.5) is 5.69 Å². The maximum atomic E-state index is 11.2. The van der Waals surface area contributed by atoms with Crippen molar-refractivity contribution in [2.24, 2.45) is 0 Å². The van der Waals surface area contributed by atoms with Crippen LogP contribution in [0.2, 0.25) is 5.02 Å². The second-order valence-corrected chi connectivity index (χ2v) is 5.93. The molecule has 0 bridgehead atoms. The highest BCUT2D eigenvalue weighted by Crippen LogP contribution is 2.40. The van der Waals surface area contributed by atoms with Crippen molar-refractivity contribution in [2.45, 2.75) is 35.8 Å². The number of carboxylic acids is 1. The Bertz CT molecular complexity index is 444. The smallest absolute Gasteiger partial charge is 0.336 e. The minimum atomic E-state index is -0.973. The van der Waals surface area contributed by atoms with Gasteiger partial charge < -0.3 is 10.8 Å². The highest BCUT2D eigenvalue weighted by atomic mass is 35.5. The van der Waals surface area contributed by atoms with Gasteiger partial charge in [-0.1, -0.05) is 24.4 Å². The molecule has 0 aromatic heterocycles. The van der Waals surface area contributed by atoms with Gasteiger partial charge in [-0.15, -0.1) is 11.8 Å². The minimum Gasteiger partial charge on any atom is -0.478 e. The van der Waals surface area contributed by atoms with Crippen LogP contribution in [-0.2, 0) is 0 Å². The fraction of sp³-hybridized carbons (Fsp3) is 0.417. The van der Waals surface area contributed by atoms with Gasteiger partial charge in [0.1, 0.15) is 0 Å². The van der Waals surface area contributed by atoms with E-state index in [0.29, 0.717) is 20.9 Å². The van der Waals surface area contributed by atoms with Crippen LogP contribution in [0.25, 0.3) is 0 Å². The van der Waals surface area contributed by atoms with Crippen LogP contribution in [0.1, 0.15) is 36.0 Å². The SMILES string of the molecule is Nc1cc(Cl)c(SC2CCCC2)c(C(=O)O)c1. The number of carboxylic acid groups (broad SMARTS) is 1. The Balaban J connectivity index is 2.33. The number of halogens is 1. The molecule has 2 rings (SSSR count). The maximum Gasteiger partial charge on any atom is 0.336 e. The number of hydrogen-bond donors (Lipinski definition) is 2. The summed E-state index contributed by atoms with van der Waals surface area (Å²) in [7, 11) is 0. The van der Waals surface area contributed by atoms with Crippen LogP contribution in [0.3, 0.4) is 0 Å². The lowest BCUT2D eigenvalue weighted by Gasteiger charge is -2.13. The molecule has 0 amide bonds. The molecule has 1 aliphatic carbocycles. The summed E-state index contributed by atoms with van der Waals surface area (Å²) in [6.45, 7) is 0. The van der Waals surface area contributed by atoms with Crippen molar-refractivity contribution in [3.05, 3.63) is 22.7 Å². The van der Waals surface area contributed by atoms with Crippen LogP contribution >= 0.6 is 23.4 Å². The van der Waals surface area contributed by atoms with Crippen LogP contribution in [0.5, 0.6) is 0 Å². The predicted octanol–water partition coefficient (Wildman–Crippen LogP) is 3.66. The summed E-state index contributed by atoms with van der Waals surface area (Å²) >= 11 is 7.67. The van der Waals surface area contributed by atoms with Crippen molar-refractivity contribution in [2.75, 3.05) is 5.73 Å². The lowest BCUT2D eigenvalue weighted by atomic mass is 10.2. The molecule has 0 spiro atoms. The molecule has 5 heteroatoms. The van der Waals surface area contributed by atoms with Gasteiger partial charge in [0.05, 0.1) is 10.6 Å². The summed E-state index contributed by atoms with van der Waals surface area (Å²) in [5.74, 6) is -0.973. The average molecular weight is 272 g/mol. The number of thioether (sulfide) groups is 1. The Hall–Kier alpha value is -0.870. The first-order valence-corrected chi connectivity index (χ1v) is 6.82. The summed E-state index contributed by atoms with van der Waals surface area (Å²) in [5.41, 5.74) is 6.22. The van der Waals surface area contributed by atoms with Crippen LogP contribution < -0.4 is 5.73 Å². The highest BCUT2D eigenvalue weighted by Gasteiger charge is 2.22. The van der Waals surface area contributed by atoms with Crippen LogP contribution in [0, 0.1) is 0 Å². The Labute approximate surface area is 109 Å². The highest BCUT2D eigenvalue weighted by molar-refractivity contribution is 8.00. The van der Waals surface area contributed by atoms with Gasteiger partial charge in [0.2, 0.25) is 0 Å². The standard InChI is InChI=1S/C12H14ClNO2S/c13-10-6-7(14)5-9(12(15)16)11(10)17-8-3-1-2-4-8/h5-6,8H,1-4,14H2,(H,15,16). The molecule has 1 aliphatic rings. The number of hydrogen-bond acceptors (Lipinski definition) is 3. The number of benzene rings is 1. The number of anilines is 1. The monoisotopic (exact) mass is 271 g/mol. The van der Waals surface area contributed by atoms with E-state index in [1.807, 2.05) is 0 Å². The zero-order valence-electron chi connectivity index (χ0n) is 9.28. The third-order valence-electron chi connectivity index (χ3n) is 2.88. The first kappa shape index (κ1) is 12.6. The van der Waals surface area contributed by atoms with E-state index in [0.717, 1.165) is 12.8 Å². The molecule has 0 aliphatic heterocycles. The van der Waals surface area contributed by atoms with E-state index in [9.17, 15) is 4.79 Å². The molecule has 0 saturated heterocycles. The van der Waals surface area contributed by atoms with Crippen molar-refractivity contribution in [3.8, 4) is 0 Å². The van der Waals surface area contributed by atoms with E-state index in [2.05, 4.69) is 0 Å². The van der Waals surface area contributed by atoms with Gasteiger partial charge in [-0.05, 0) is 25.0 Å². The molecule has 1 saturated carbocycles. The van der Waals surface area contributed by atoms with Crippen LogP contribution in [0.15, 0.2) is 17.0 Å². The number of aromatic carboxylic acids is 1.